The number of pyridine rings is 2. The molecule has 0 amide bonds. The number of nitrogens with zero attached hydrogens (tertiary/aromatic N) is 4. The van der Waals surface area contributed by atoms with Gasteiger partial charge in [0.15, 0.2) is 0 Å². The Labute approximate surface area is 192 Å². The first-order valence-electron chi connectivity index (χ1n) is 12.0. The lowest BCUT2D eigenvalue weighted by Gasteiger charge is -2.28. The Morgan fingerprint density at radius 1 is 1.21 bits per heavy atom. The number of hydrogen-bond acceptors (Lipinski definition) is 4. The molecule has 172 valence electrons. The van der Waals surface area contributed by atoms with Gasteiger partial charge in [-0.25, -0.2) is 8.78 Å². The molecular formula is C25H26F2N4O2. The molecule has 0 saturated heterocycles. The third-order valence-electron chi connectivity index (χ3n) is 6.40. The Kier molecular flexibility index (Phi) is 4.62. The number of alkyl halides is 2. The summed E-state index contributed by atoms with van der Waals surface area (Å²) in [5.74, 6) is -2.70. The highest BCUT2D eigenvalue weighted by Gasteiger charge is 2.35. The molecule has 0 atom stereocenters. The summed E-state index contributed by atoms with van der Waals surface area (Å²) >= 11 is 0. The number of aryl methyl sites for hydroxylation is 3. The predicted octanol–water partition coefficient (Wildman–Crippen LogP) is 5.50. The van der Waals surface area contributed by atoms with Crippen molar-refractivity contribution in [2.45, 2.75) is 52.0 Å². The lowest BCUT2D eigenvalue weighted by Crippen LogP contribution is -2.26. The fraction of sp³-hybridized carbons (Fsp3) is 0.400. The van der Waals surface area contributed by atoms with E-state index in [1.165, 1.54) is 15.2 Å². The fourth-order valence-electron chi connectivity index (χ4n) is 4.57. The maximum absolute atomic E-state index is 13.8. The molecule has 1 aliphatic rings. The maximum Gasteiger partial charge on any atom is 0.250 e. The summed E-state index contributed by atoms with van der Waals surface area (Å²) in [6.07, 6.45) is 4.59. The van der Waals surface area contributed by atoms with E-state index < -0.39 is 18.3 Å². The largest absolute Gasteiger partial charge is 0.361 e. The van der Waals surface area contributed by atoms with Gasteiger partial charge < -0.3 is 13.7 Å². The topological polar surface area (TPSA) is 65.8 Å². The minimum absolute atomic E-state index is 0.0891. The van der Waals surface area contributed by atoms with Crippen molar-refractivity contribution in [1.82, 2.24) is 19.3 Å². The van der Waals surface area contributed by atoms with Crippen molar-refractivity contribution in [3.8, 4) is 22.3 Å². The van der Waals surface area contributed by atoms with Crippen LogP contribution in [0, 0.1) is 19.8 Å². The summed E-state index contributed by atoms with van der Waals surface area (Å²) in [4.78, 5) is 16.6. The van der Waals surface area contributed by atoms with E-state index in [1.807, 2.05) is 13.0 Å². The molecule has 1 saturated carbocycles. The molecular weight excluding hydrogens is 426 g/mol. The van der Waals surface area contributed by atoms with Gasteiger partial charge in [-0.15, -0.1) is 0 Å². The van der Waals surface area contributed by atoms with Crippen LogP contribution in [0.5, 0.6) is 0 Å². The van der Waals surface area contributed by atoms with Gasteiger partial charge in [0.05, 0.1) is 19.5 Å². The van der Waals surface area contributed by atoms with Crippen LogP contribution in [0.2, 0.25) is 0 Å². The first-order valence-corrected chi connectivity index (χ1v) is 11.0. The maximum atomic E-state index is 13.8. The quantitative estimate of drug-likeness (QED) is 0.408. The average Bonchev–Trinajstić information content (AvgIpc) is 3.35. The van der Waals surface area contributed by atoms with E-state index in [2.05, 4.69) is 10.1 Å². The number of rotatable bonds is 4. The van der Waals surface area contributed by atoms with Crippen LogP contribution in [-0.2, 0) is 13.5 Å². The number of hydrogen-bond donors (Lipinski definition) is 0. The Bertz CT molecular complexity index is 1460. The standard InChI is InChI=1S/C25H26F2N4O2/c1-15-23(16(2)33-29-15)19-10-21-24(28-11-19)20(18-4-5-22(32)30(3)13-18)14-31(21)12-17-6-8-25(26,27)9-7-17/h4-5,10-11,13-14,17H,6-9,12H2,1-3H3/i12D2. The first-order chi connectivity index (χ1) is 16.5. The van der Waals surface area contributed by atoms with E-state index >= 15 is 0 Å². The molecule has 0 aromatic carbocycles. The zero-order valence-electron chi connectivity index (χ0n) is 20.7. The van der Waals surface area contributed by atoms with Crippen molar-refractivity contribution in [3.63, 3.8) is 0 Å². The molecule has 0 bridgehead atoms. The number of fused-ring (bicyclic) bond motifs is 1. The second-order valence-electron chi connectivity index (χ2n) is 8.83. The van der Waals surface area contributed by atoms with Crippen LogP contribution >= 0.6 is 0 Å². The van der Waals surface area contributed by atoms with Gasteiger partial charge in [-0.05, 0) is 44.7 Å². The van der Waals surface area contributed by atoms with Gasteiger partial charge in [0.25, 0.3) is 0 Å². The van der Waals surface area contributed by atoms with E-state index in [0.717, 1.165) is 11.1 Å². The van der Waals surface area contributed by atoms with Gasteiger partial charge in [0, 0.05) is 73.3 Å². The van der Waals surface area contributed by atoms with E-state index in [0.29, 0.717) is 33.6 Å². The highest BCUT2D eigenvalue weighted by atomic mass is 19.3. The van der Waals surface area contributed by atoms with Crippen LogP contribution < -0.4 is 5.56 Å². The van der Waals surface area contributed by atoms with Gasteiger partial charge in [-0.1, -0.05) is 5.16 Å². The van der Waals surface area contributed by atoms with Crippen LogP contribution in [0.4, 0.5) is 8.78 Å². The molecule has 1 fully saturated rings. The molecule has 4 aromatic rings. The first kappa shape index (κ1) is 19.2. The van der Waals surface area contributed by atoms with Crippen molar-refractivity contribution >= 4 is 11.0 Å². The van der Waals surface area contributed by atoms with Gasteiger partial charge in [-0.2, -0.15) is 0 Å². The van der Waals surface area contributed by atoms with E-state index in [9.17, 15) is 13.6 Å². The predicted molar refractivity (Wildman–Crippen MR) is 122 cm³/mol. The molecule has 0 radical (unpaired) electrons. The lowest BCUT2D eigenvalue weighted by molar-refractivity contribution is -0.0472. The summed E-state index contributed by atoms with van der Waals surface area (Å²) in [7, 11) is 1.65. The minimum atomic E-state index is -2.75. The van der Waals surface area contributed by atoms with Crippen LogP contribution in [0.3, 0.4) is 0 Å². The second-order valence-corrected chi connectivity index (χ2v) is 8.83. The smallest absolute Gasteiger partial charge is 0.250 e. The van der Waals surface area contributed by atoms with E-state index in [-0.39, 0.29) is 31.2 Å². The van der Waals surface area contributed by atoms with Crippen molar-refractivity contribution < 1.29 is 16.0 Å². The normalized spacial score (nSPS) is 17.8. The number of aromatic nitrogens is 4. The van der Waals surface area contributed by atoms with Crippen LogP contribution in [0.25, 0.3) is 33.3 Å². The molecule has 4 aromatic heterocycles. The number of halogens is 2. The third kappa shape index (κ3) is 3.98. The van der Waals surface area contributed by atoms with Crippen LogP contribution in [0.15, 0.2) is 46.1 Å². The molecule has 0 N–H and O–H groups in total. The molecule has 0 spiro atoms. The zero-order valence-corrected chi connectivity index (χ0v) is 18.7. The fourth-order valence-corrected chi connectivity index (χ4v) is 4.57. The SMILES string of the molecule is [2H]C([2H])(C1CCC(F)(F)CC1)n1cc(-c2ccc(=O)n(C)c2)c2ncc(-c3c(C)noc3C)cc21. The molecule has 33 heavy (non-hydrogen) atoms. The minimum Gasteiger partial charge on any atom is -0.361 e. The van der Waals surface area contributed by atoms with Gasteiger partial charge in [0.1, 0.15) is 5.76 Å². The van der Waals surface area contributed by atoms with Crippen molar-refractivity contribution in [3.05, 3.63) is 58.6 Å². The molecule has 0 aliphatic heterocycles. The summed E-state index contributed by atoms with van der Waals surface area (Å²) in [5.41, 5.74) is 4.50. The van der Waals surface area contributed by atoms with Gasteiger partial charge in [-0.3, -0.25) is 9.78 Å². The zero-order chi connectivity index (χ0) is 25.1. The lowest BCUT2D eigenvalue weighted by atomic mass is 9.87. The third-order valence-corrected chi connectivity index (χ3v) is 6.40. The molecule has 6 nitrogen and oxygen atoms in total. The Morgan fingerprint density at radius 2 is 1.97 bits per heavy atom. The second kappa shape index (κ2) is 7.93. The van der Waals surface area contributed by atoms with Crippen molar-refractivity contribution in [2.75, 3.05) is 0 Å². The molecule has 8 heteroatoms. The van der Waals surface area contributed by atoms with Crippen molar-refractivity contribution in [2.24, 2.45) is 13.0 Å². The molecule has 4 heterocycles. The molecule has 1 aliphatic carbocycles. The monoisotopic (exact) mass is 454 g/mol. The van der Waals surface area contributed by atoms with E-state index in [4.69, 9.17) is 7.26 Å². The summed E-state index contributed by atoms with van der Waals surface area (Å²) < 4.78 is 54.0. The van der Waals surface area contributed by atoms with Crippen molar-refractivity contribution in [1.29, 1.82) is 0 Å². The Hall–Kier alpha value is -3.29. The highest BCUT2D eigenvalue weighted by Crippen LogP contribution is 2.39. The molecule has 0 unspecified atom stereocenters. The van der Waals surface area contributed by atoms with Gasteiger partial charge in [0.2, 0.25) is 11.5 Å². The molecule has 5 rings (SSSR count). The van der Waals surface area contributed by atoms with Crippen LogP contribution in [0.1, 0.15) is 39.9 Å². The Balaban J connectivity index is 1.71. The summed E-state index contributed by atoms with van der Waals surface area (Å²) in [6.45, 7) is 1.70. The van der Waals surface area contributed by atoms with Crippen LogP contribution in [-0.4, -0.2) is 25.2 Å². The highest BCUT2D eigenvalue weighted by molar-refractivity contribution is 5.94. The Morgan fingerprint density at radius 3 is 2.64 bits per heavy atom. The van der Waals surface area contributed by atoms with E-state index in [1.54, 1.807) is 38.6 Å². The van der Waals surface area contributed by atoms with Gasteiger partial charge >= 0.3 is 0 Å². The average molecular weight is 455 g/mol. The summed E-state index contributed by atoms with van der Waals surface area (Å²) in [5, 5.41) is 4.01. The summed E-state index contributed by atoms with van der Waals surface area (Å²) in [6, 6.07) is 4.98.